The number of sulfone groups is 1. The first-order valence-electron chi connectivity index (χ1n) is 7.77. The molecule has 2 aromatic carbocycles. The Bertz CT molecular complexity index is 789. The van der Waals surface area contributed by atoms with Gasteiger partial charge in [-0.15, -0.1) is 0 Å². The van der Waals surface area contributed by atoms with E-state index in [9.17, 15) is 13.2 Å². The molecule has 2 N–H and O–H groups in total. The third-order valence-electron chi connectivity index (χ3n) is 3.59. The quantitative estimate of drug-likeness (QED) is 0.803. The molecule has 5 nitrogen and oxygen atoms in total. The van der Waals surface area contributed by atoms with Crippen LogP contribution in [-0.4, -0.2) is 33.7 Å². The van der Waals surface area contributed by atoms with Gasteiger partial charge in [-0.1, -0.05) is 42.5 Å². The summed E-state index contributed by atoms with van der Waals surface area (Å²) in [5.41, 5.74) is 1.76. The fourth-order valence-electron chi connectivity index (χ4n) is 2.45. The van der Waals surface area contributed by atoms with E-state index in [1.54, 1.807) is 18.2 Å². The topological polar surface area (TPSA) is 75.3 Å². The van der Waals surface area contributed by atoms with Crippen LogP contribution in [0.3, 0.4) is 0 Å². The van der Waals surface area contributed by atoms with E-state index in [2.05, 4.69) is 10.6 Å². The lowest BCUT2D eigenvalue weighted by molar-refractivity contribution is -0.120. The normalized spacial score (nSPS) is 12.6. The number of rotatable bonds is 7. The Balaban J connectivity index is 2.34. The van der Waals surface area contributed by atoms with Crippen LogP contribution in [0.25, 0.3) is 0 Å². The molecule has 0 bridgehead atoms. The molecule has 0 heterocycles. The Morgan fingerprint density at radius 1 is 1.04 bits per heavy atom. The highest BCUT2D eigenvalue weighted by molar-refractivity contribution is 7.90. The maximum absolute atomic E-state index is 11.8. The minimum atomic E-state index is -3.29. The average molecular weight is 346 g/mol. The number of hydrogen-bond acceptors (Lipinski definition) is 4. The third kappa shape index (κ3) is 4.91. The molecule has 24 heavy (non-hydrogen) atoms. The van der Waals surface area contributed by atoms with Gasteiger partial charge in [-0.25, -0.2) is 8.42 Å². The van der Waals surface area contributed by atoms with E-state index in [1.165, 1.54) is 6.26 Å². The van der Waals surface area contributed by atoms with Crippen LogP contribution >= 0.6 is 0 Å². The second-order valence-corrected chi connectivity index (χ2v) is 7.54. The summed E-state index contributed by atoms with van der Waals surface area (Å²) >= 11 is 0. The molecule has 128 valence electrons. The van der Waals surface area contributed by atoms with Crippen LogP contribution in [0.15, 0.2) is 59.5 Å². The monoisotopic (exact) mass is 346 g/mol. The van der Waals surface area contributed by atoms with Crippen molar-refractivity contribution in [3.05, 3.63) is 65.7 Å². The fraction of sp³-hybridized carbons (Fsp3) is 0.278. The van der Waals surface area contributed by atoms with Crippen molar-refractivity contribution < 1.29 is 13.2 Å². The van der Waals surface area contributed by atoms with E-state index in [-0.39, 0.29) is 23.4 Å². The molecular formula is C18H22N2O3S. The molecule has 2 rings (SSSR count). The zero-order valence-electron chi connectivity index (χ0n) is 13.8. The van der Waals surface area contributed by atoms with Gasteiger partial charge in [0.25, 0.3) is 0 Å². The molecule has 1 amide bonds. The number of likely N-dealkylation sites (N-methyl/N-ethyl adjacent to an activating group) is 1. The number of nitrogens with one attached hydrogen (secondary N) is 2. The maximum Gasteiger partial charge on any atom is 0.233 e. The van der Waals surface area contributed by atoms with Crippen molar-refractivity contribution in [2.75, 3.05) is 19.3 Å². The third-order valence-corrected chi connectivity index (χ3v) is 4.70. The van der Waals surface area contributed by atoms with Gasteiger partial charge in [0, 0.05) is 12.8 Å². The van der Waals surface area contributed by atoms with E-state index in [0.29, 0.717) is 6.54 Å². The SMILES string of the molecule is CCNC(=O)CN[C@H](c1ccccc1)c1cccc(S(C)(=O)=O)c1. The highest BCUT2D eigenvalue weighted by atomic mass is 32.2. The Kier molecular flexibility index (Phi) is 6.11. The minimum absolute atomic E-state index is 0.0994. The molecular weight excluding hydrogens is 324 g/mol. The lowest BCUT2D eigenvalue weighted by Crippen LogP contribution is -2.36. The second-order valence-electron chi connectivity index (χ2n) is 5.52. The van der Waals surface area contributed by atoms with Gasteiger partial charge in [0.1, 0.15) is 0 Å². The number of hydrogen-bond donors (Lipinski definition) is 2. The van der Waals surface area contributed by atoms with Crippen LogP contribution in [0.1, 0.15) is 24.1 Å². The van der Waals surface area contributed by atoms with Crippen molar-refractivity contribution in [3.63, 3.8) is 0 Å². The van der Waals surface area contributed by atoms with E-state index in [4.69, 9.17) is 0 Å². The number of carbonyl (C=O) groups is 1. The molecule has 0 aliphatic heterocycles. The van der Waals surface area contributed by atoms with Crippen LogP contribution < -0.4 is 10.6 Å². The van der Waals surface area contributed by atoms with Gasteiger partial charge < -0.3 is 5.32 Å². The van der Waals surface area contributed by atoms with E-state index < -0.39 is 9.84 Å². The van der Waals surface area contributed by atoms with E-state index >= 15 is 0 Å². The van der Waals surface area contributed by atoms with Crippen molar-refractivity contribution in [2.24, 2.45) is 0 Å². The van der Waals surface area contributed by atoms with Crippen LogP contribution in [-0.2, 0) is 14.6 Å². The summed E-state index contributed by atoms with van der Waals surface area (Å²) in [4.78, 5) is 12.0. The summed E-state index contributed by atoms with van der Waals surface area (Å²) in [5.74, 6) is -0.0994. The highest BCUT2D eigenvalue weighted by Gasteiger charge is 2.17. The predicted octanol–water partition coefficient (Wildman–Crippen LogP) is 1.91. The van der Waals surface area contributed by atoms with Crippen molar-refractivity contribution >= 4 is 15.7 Å². The summed E-state index contributed by atoms with van der Waals surface area (Å²) in [6, 6.07) is 16.2. The van der Waals surface area contributed by atoms with Crippen LogP contribution in [0, 0.1) is 0 Å². The van der Waals surface area contributed by atoms with Gasteiger partial charge in [-0.05, 0) is 30.2 Å². The van der Waals surface area contributed by atoms with Gasteiger partial charge >= 0.3 is 0 Å². The Morgan fingerprint density at radius 3 is 2.33 bits per heavy atom. The van der Waals surface area contributed by atoms with Crippen molar-refractivity contribution in [1.29, 1.82) is 0 Å². The van der Waals surface area contributed by atoms with E-state index in [0.717, 1.165) is 11.1 Å². The maximum atomic E-state index is 11.8. The Labute approximate surface area is 143 Å². The van der Waals surface area contributed by atoms with Crippen LogP contribution in [0.4, 0.5) is 0 Å². The molecule has 1 atom stereocenters. The molecule has 0 saturated heterocycles. The summed E-state index contributed by atoms with van der Waals surface area (Å²) in [5, 5.41) is 5.95. The van der Waals surface area contributed by atoms with Gasteiger partial charge in [-0.2, -0.15) is 0 Å². The number of carbonyl (C=O) groups excluding carboxylic acids is 1. The van der Waals surface area contributed by atoms with Crippen molar-refractivity contribution in [3.8, 4) is 0 Å². The largest absolute Gasteiger partial charge is 0.355 e. The molecule has 0 spiro atoms. The molecule has 0 radical (unpaired) electrons. The zero-order chi connectivity index (χ0) is 17.6. The zero-order valence-corrected chi connectivity index (χ0v) is 14.6. The first kappa shape index (κ1) is 18.2. The lowest BCUT2D eigenvalue weighted by atomic mass is 9.99. The number of amides is 1. The predicted molar refractivity (Wildman–Crippen MR) is 94.5 cm³/mol. The molecule has 0 aromatic heterocycles. The lowest BCUT2D eigenvalue weighted by Gasteiger charge is -2.20. The molecule has 6 heteroatoms. The Morgan fingerprint density at radius 2 is 1.71 bits per heavy atom. The molecule has 0 aliphatic rings. The van der Waals surface area contributed by atoms with Crippen LogP contribution in [0.5, 0.6) is 0 Å². The van der Waals surface area contributed by atoms with Gasteiger partial charge in [0.05, 0.1) is 17.5 Å². The summed E-state index contributed by atoms with van der Waals surface area (Å²) in [6.45, 7) is 2.58. The molecule has 2 aromatic rings. The summed E-state index contributed by atoms with van der Waals surface area (Å²) < 4.78 is 23.6. The second kappa shape index (κ2) is 8.08. The van der Waals surface area contributed by atoms with Gasteiger partial charge in [0.15, 0.2) is 9.84 Å². The standard InChI is InChI=1S/C18H22N2O3S/c1-3-19-17(21)13-20-18(14-8-5-4-6-9-14)15-10-7-11-16(12-15)24(2,22)23/h4-12,18,20H,3,13H2,1-2H3,(H,19,21)/t18-/m1/s1. The first-order chi connectivity index (χ1) is 11.4. The summed E-state index contributed by atoms with van der Waals surface area (Å²) in [7, 11) is -3.29. The van der Waals surface area contributed by atoms with Crippen LogP contribution in [0.2, 0.25) is 0 Å². The Hall–Kier alpha value is -2.18. The molecule has 0 fully saturated rings. The molecule has 0 aliphatic carbocycles. The van der Waals surface area contributed by atoms with E-state index in [1.807, 2.05) is 43.3 Å². The number of benzene rings is 2. The fourth-order valence-corrected chi connectivity index (χ4v) is 3.13. The minimum Gasteiger partial charge on any atom is -0.355 e. The summed E-state index contributed by atoms with van der Waals surface area (Å²) in [6.07, 6.45) is 1.19. The average Bonchev–Trinajstić information content (AvgIpc) is 2.56. The molecule has 0 saturated carbocycles. The van der Waals surface area contributed by atoms with Crippen molar-refractivity contribution in [1.82, 2.24) is 10.6 Å². The van der Waals surface area contributed by atoms with Gasteiger partial charge in [-0.3, -0.25) is 10.1 Å². The molecule has 0 unspecified atom stereocenters. The first-order valence-corrected chi connectivity index (χ1v) is 9.66. The van der Waals surface area contributed by atoms with Crippen molar-refractivity contribution in [2.45, 2.75) is 17.9 Å². The smallest absolute Gasteiger partial charge is 0.233 e. The highest BCUT2D eigenvalue weighted by Crippen LogP contribution is 2.24. The van der Waals surface area contributed by atoms with Gasteiger partial charge in [0.2, 0.25) is 5.91 Å².